The van der Waals surface area contributed by atoms with Gasteiger partial charge in [0, 0.05) is 12.8 Å². The highest BCUT2D eigenvalue weighted by Gasteiger charge is 2.25. The van der Waals surface area contributed by atoms with E-state index in [4.69, 9.17) is 18.9 Å². The number of rotatable bonds is 77. The molecule has 594 valence electrons. The Kier molecular flexibility index (Phi) is 79.1. The number of carbonyl (C=O) groups excluding carboxylic acids is 2. The molecule has 0 amide bonds. The summed E-state index contributed by atoms with van der Waals surface area (Å²) in [5.74, 6) is -2.02. The first-order valence-electron chi connectivity index (χ1n) is 42.6. The highest BCUT2D eigenvalue weighted by molar-refractivity contribution is 5.71. The standard InChI is InChI=1S/C96H157NO8/c1-6-8-10-12-14-16-18-20-22-24-26-28-30-32-34-36-38-40-42-44-46-47-49-50-52-54-56-58-60-62-64-66-68-70-72-74-76-78-80-82-84-86-93(98)103-90-92(91-104-96(95(100)101)102-89-88-97(3,4)5)105-94(99)87-85-83-81-79-77-75-73-71-69-67-65-63-61-59-57-55-53-51-48-45-43-41-39-37-35-33-31-29-27-25-23-21-19-17-15-13-11-9-7-2/h8-11,14-17,20-23,26-29,32-35,38-41,45,48,53,55,59,61,65,67,92,96H,6-7,12-13,18-19,24-25,30-31,36-37,42-44,46-47,49-52,54,56-58,60,62-64,66,68-91H2,1-5H3/p+1/b10-8-,11-9-,16-14-,17-15-,22-20-,23-21-,28-26-,29-27-,34-32-,35-33-,40-38-,41-39-,48-45-,55-53-,61-59-,67-65-. The van der Waals surface area contributed by atoms with Gasteiger partial charge in [0.25, 0.3) is 6.29 Å². The predicted molar refractivity (Wildman–Crippen MR) is 456 cm³/mol. The van der Waals surface area contributed by atoms with Crippen LogP contribution in [0.25, 0.3) is 0 Å². The van der Waals surface area contributed by atoms with Crippen LogP contribution in [0.4, 0.5) is 0 Å². The Labute approximate surface area is 646 Å². The molecule has 1 N–H and O–H groups in total. The fourth-order valence-corrected chi connectivity index (χ4v) is 11.5. The molecule has 0 rings (SSSR count). The van der Waals surface area contributed by atoms with E-state index in [1.54, 1.807) is 0 Å². The summed E-state index contributed by atoms with van der Waals surface area (Å²) in [4.78, 5) is 37.8. The predicted octanol–water partition coefficient (Wildman–Crippen LogP) is 28.0. The number of hydrogen-bond acceptors (Lipinski definition) is 7. The van der Waals surface area contributed by atoms with Crippen LogP contribution in [0, 0.1) is 0 Å². The van der Waals surface area contributed by atoms with Gasteiger partial charge in [-0.2, -0.15) is 0 Å². The molecule has 0 heterocycles. The average Bonchev–Trinajstić information content (AvgIpc) is 1.97. The smallest absolute Gasteiger partial charge is 0.361 e. The molecule has 0 bridgehead atoms. The summed E-state index contributed by atoms with van der Waals surface area (Å²) in [6.07, 6.45) is 126. The van der Waals surface area contributed by atoms with Gasteiger partial charge in [0.2, 0.25) is 0 Å². The lowest BCUT2D eigenvalue weighted by molar-refractivity contribution is -0.870. The van der Waals surface area contributed by atoms with E-state index in [2.05, 4.69) is 208 Å². The number of hydrogen-bond donors (Lipinski definition) is 1. The molecule has 0 aliphatic carbocycles. The maximum absolute atomic E-state index is 13.0. The quantitative estimate of drug-likeness (QED) is 0.0211. The maximum Gasteiger partial charge on any atom is 0.361 e. The summed E-state index contributed by atoms with van der Waals surface area (Å²) in [6, 6.07) is 0. The fourth-order valence-electron chi connectivity index (χ4n) is 11.5. The van der Waals surface area contributed by atoms with Crippen molar-refractivity contribution in [1.29, 1.82) is 0 Å². The molecule has 0 aromatic rings. The highest BCUT2D eigenvalue weighted by atomic mass is 16.7. The molecule has 0 saturated carbocycles. The molecule has 2 atom stereocenters. The molecule has 0 aromatic carbocycles. The Morgan fingerprint density at radius 3 is 0.762 bits per heavy atom. The van der Waals surface area contributed by atoms with Gasteiger partial charge in [-0.05, 0) is 141 Å². The van der Waals surface area contributed by atoms with Crippen LogP contribution in [0.1, 0.15) is 335 Å². The van der Waals surface area contributed by atoms with E-state index >= 15 is 0 Å². The van der Waals surface area contributed by atoms with E-state index in [0.29, 0.717) is 23.9 Å². The Morgan fingerprint density at radius 1 is 0.286 bits per heavy atom. The molecule has 0 aliphatic rings. The number of unbranched alkanes of at least 4 members (excludes halogenated alkanes) is 30. The van der Waals surface area contributed by atoms with Gasteiger partial charge in [0.15, 0.2) is 6.10 Å². The van der Waals surface area contributed by atoms with Crippen molar-refractivity contribution >= 4 is 17.9 Å². The molecule has 105 heavy (non-hydrogen) atoms. The zero-order valence-corrected chi connectivity index (χ0v) is 68.1. The number of likely N-dealkylation sites (N-methyl/N-ethyl adjacent to an activating group) is 1. The van der Waals surface area contributed by atoms with Crippen molar-refractivity contribution in [2.45, 2.75) is 347 Å². The monoisotopic (exact) mass is 1450 g/mol. The lowest BCUT2D eigenvalue weighted by Gasteiger charge is -2.25. The summed E-state index contributed by atoms with van der Waals surface area (Å²) in [5, 5.41) is 9.79. The second kappa shape index (κ2) is 83.8. The third kappa shape index (κ3) is 85.3. The molecule has 0 spiro atoms. The highest BCUT2D eigenvalue weighted by Crippen LogP contribution is 2.18. The van der Waals surface area contributed by atoms with Crippen molar-refractivity contribution in [3.05, 3.63) is 194 Å². The maximum atomic E-state index is 13.0. The first-order chi connectivity index (χ1) is 51.6. The minimum absolute atomic E-state index is 0.179. The number of carbonyl (C=O) groups is 3. The Hall–Kier alpha value is -5.87. The second-order valence-electron chi connectivity index (χ2n) is 29.0. The summed E-state index contributed by atoms with van der Waals surface area (Å²) in [5.41, 5.74) is 0. The van der Waals surface area contributed by atoms with E-state index in [1.807, 2.05) is 21.1 Å². The molecule has 9 nitrogen and oxygen atoms in total. The van der Waals surface area contributed by atoms with Crippen molar-refractivity contribution in [2.24, 2.45) is 0 Å². The topological polar surface area (TPSA) is 108 Å². The van der Waals surface area contributed by atoms with E-state index < -0.39 is 24.3 Å². The van der Waals surface area contributed by atoms with Crippen molar-refractivity contribution in [3.63, 3.8) is 0 Å². The van der Waals surface area contributed by atoms with E-state index in [-0.39, 0.29) is 32.2 Å². The minimum atomic E-state index is -1.52. The minimum Gasteiger partial charge on any atom is -0.477 e. The lowest BCUT2D eigenvalue weighted by atomic mass is 10.0. The Morgan fingerprint density at radius 2 is 0.514 bits per heavy atom. The van der Waals surface area contributed by atoms with Gasteiger partial charge >= 0.3 is 17.9 Å². The lowest BCUT2D eigenvalue weighted by Crippen LogP contribution is -2.40. The number of quaternary nitrogens is 1. The van der Waals surface area contributed by atoms with Crippen molar-refractivity contribution in [3.8, 4) is 0 Å². The third-order valence-corrected chi connectivity index (χ3v) is 17.8. The first kappa shape index (κ1) is 99.1. The van der Waals surface area contributed by atoms with Crippen LogP contribution in [0.5, 0.6) is 0 Å². The van der Waals surface area contributed by atoms with Crippen LogP contribution in [-0.4, -0.2) is 87.4 Å². The number of nitrogens with zero attached hydrogens (tertiary/aromatic N) is 1. The normalized spacial score (nSPS) is 13.6. The van der Waals surface area contributed by atoms with Crippen LogP contribution in [0.3, 0.4) is 0 Å². The summed E-state index contributed by atoms with van der Waals surface area (Å²) < 4.78 is 23.1. The molecule has 2 unspecified atom stereocenters. The van der Waals surface area contributed by atoms with Crippen molar-refractivity contribution in [1.82, 2.24) is 0 Å². The van der Waals surface area contributed by atoms with Crippen LogP contribution in [0.15, 0.2) is 194 Å². The van der Waals surface area contributed by atoms with Gasteiger partial charge in [-0.1, -0.05) is 375 Å². The molecule has 0 saturated heterocycles. The molecule has 0 radical (unpaired) electrons. The van der Waals surface area contributed by atoms with Gasteiger partial charge < -0.3 is 28.5 Å². The van der Waals surface area contributed by atoms with E-state index in [1.165, 1.54) is 154 Å². The van der Waals surface area contributed by atoms with Crippen LogP contribution >= 0.6 is 0 Å². The van der Waals surface area contributed by atoms with Crippen LogP contribution < -0.4 is 0 Å². The molecule has 9 heteroatoms. The SMILES string of the molecule is CC/C=C\C/C=C\C/C=C\C/C=C\C/C=C\C/C=C\C/C=C\C/C=C\C/C=C\C/C=C\CCCCCCCCCCC(=O)OC(COC(=O)CCCCCCCCCCCCCCCCCCCCCCCC/C=C\C/C=C\C/C=C\C/C=C\C/C=C\C/C=C\CC)COC(OCC[N+](C)(C)C)C(=O)O. The van der Waals surface area contributed by atoms with E-state index in [9.17, 15) is 19.5 Å². The first-order valence-corrected chi connectivity index (χ1v) is 42.6. The Balaban J connectivity index is 4.06. The van der Waals surface area contributed by atoms with Crippen LogP contribution in [-0.2, 0) is 33.3 Å². The second-order valence-corrected chi connectivity index (χ2v) is 29.0. The van der Waals surface area contributed by atoms with Gasteiger partial charge in [-0.15, -0.1) is 0 Å². The molecular weight excluding hydrogens is 1300 g/mol. The number of carboxylic acid groups (broad SMARTS) is 1. The largest absolute Gasteiger partial charge is 0.477 e. The van der Waals surface area contributed by atoms with Crippen molar-refractivity contribution < 1.29 is 42.9 Å². The number of esters is 2. The van der Waals surface area contributed by atoms with Crippen molar-refractivity contribution in [2.75, 3.05) is 47.5 Å². The molecular formula is C96H158NO8+. The van der Waals surface area contributed by atoms with Gasteiger partial charge in [-0.25, -0.2) is 4.79 Å². The molecule has 0 aromatic heterocycles. The van der Waals surface area contributed by atoms with E-state index in [0.717, 1.165) is 148 Å². The van der Waals surface area contributed by atoms with Gasteiger partial charge in [0.05, 0.1) is 34.4 Å². The number of carboxylic acids is 1. The average molecular weight is 1450 g/mol. The van der Waals surface area contributed by atoms with Gasteiger partial charge in [-0.3, -0.25) is 9.59 Å². The number of ether oxygens (including phenoxy) is 4. The zero-order valence-electron chi connectivity index (χ0n) is 68.1. The van der Waals surface area contributed by atoms with Crippen LogP contribution in [0.2, 0.25) is 0 Å². The molecule has 0 fully saturated rings. The Bertz CT molecular complexity index is 2450. The summed E-state index contributed by atoms with van der Waals surface area (Å²) in [7, 11) is 5.98. The summed E-state index contributed by atoms with van der Waals surface area (Å²) >= 11 is 0. The number of aliphatic carboxylic acids is 1. The summed E-state index contributed by atoms with van der Waals surface area (Å²) in [6.45, 7) is 4.65. The van der Waals surface area contributed by atoms with Gasteiger partial charge in [0.1, 0.15) is 13.2 Å². The molecule has 0 aliphatic heterocycles. The third-order valence-electron chi connectivity index (χ3n) is 17.8. The zero-order chi connectivity index (χ0) is 76.0. The fraction of sp³-hybridized carbons (Fsp3) is 0.635. The number of allylic oxidation sites excluding steroid dienone is 32.